The summed E-state index contributed by atoms with van der Waals surface area (Å²) in [6.07, 6.45) is 0. The molecule has 124 valence electrons. The highest BCUT2D eigenvalue weighted by molar-refractivity contribution is 7.17. The summed E-state index contributed by atoms with van der Waals surface area (Å²) in [4.78, 5) is 20.7. The maximum Gasteiger partial charge on any atom is 0.279 e. The zero-order valence-electron chi connectivity index (χ0n) is 12.5. The van der Waals surface area contributed by atoms with Gasteiger partial charge in [0.1, 0.15) is 4.88 Å². The van der Waals surface area contributed by atoms with Crippen molar-refractivity contribution in [2.45, 2.75) is 0 Å². The summed E-state index contributed by atoms with van der Waals surface area (Å²) < 4.78 is 0. The summed E-state index contributed by atoms with van der Waals surface area (Å²) in [5, 5.41) is 15.9. The molecule has 5 nitrogen and oxygen atoms in total. The fourth-order valence-corrected chi connectivity index (χ4v) is 4.02. The van der Waals surface area contributed by atoms with Gasteiger partial charge in [0.2, 0.25) is 5.88 Å². The minimum absolute atomic E-state index is 0.226. The molecule has 0 spiro atoms. The fraction of sp³-hybridized carbons (Fsp3) is 0. The molecule has 4 rings (SSSR count). The molecule has 2 heterocycles. The lowest BCUT2D eigenvalue weighted by atomic mass is 10.1. The van der Waals surface area contributed by atoms with Crippen LogP contribution in [-0.2, 0) is 4.79 Å². The van der Waals surface area contributed by atoms with Gasteiger partial charge in [-0.25, -0.2) is 4.99 Å². The number of aromatic hydroxyl groups is 1. The molecule has 0 saturated heterocycles. The second kappa shape index (κ2) is 6.15. The van der Waals surface area contributed by atoms with Gasteiger partial charge in [0.05, 0.1) is 10.9 Å². The molecule has 25 heavy (non-hydrogen) atoms. The number of benzene rings is 2. The first-order valence-electron chi connectivity index (χ1n) is 7.17. The lowest BCUT2D eigenvalue weighted by Gasteiger charge is -2.03. The number of para-hydroxylation sites is 1. The van der Waals surface area contributed by atoms with Crippen LogP contribution < -0.4 is 15.9 Å². The van der Waals surface area contributed by atoms with Crippen molar-refractivity contribution in [1.29, 1.82) is 0 Å². The molecule has 0 unspecified atom stereocenters. The van der Waals surface area contributed by atoms with E-state index in [1.54, 1.807) is 36.4 Å². The van der Waals surface area contributed by atoms with Gasteiger partial charge in [0.15, 0.2) is 5.13 Å². The Morgan fingerprint density at radius 2 is 1.80 bits per heavy atom. The number of aromatic nitrogens is 1. The van der Waals surface area contributed by atoms with Gasteiger partial charge >= 0.3 is 0 Å². The van der Waals surface area contributed by atoms with E-state index in [-0.39, 0.29) is 5.88 Å². The highest BCUT2D eigenvalue weighted by atomic mass is 35.5. The smallest absolute Gasteiger partial charge is 0.279 e. The lowest BCUT2D eigenvalue weighted by molar-refractivity contribution is -0.112. The largest absolute Gasteiger partial charge is 0.492 e. The van der Waals surface area contributed by atoms with Crippen molar-refractivity contribution in [3.8, 4) is 5.88 Å². The minimum Gasteiger partial charge on any atom is -0.492 e. The predicted molar refractivity (Wildman–Crippen MR) is 98.3 cm³/mol. The number of hydrogen-bond donors (Lipinski definition) is 2. The average molecular weight is 390 g/mol. The SMILES string of the molecule is O=C1N=c2ccccc2=C1c1sc(Nc2cc(Cl)cc(Cl)c2)nc1O. The summed E-state index contributed by atoms with van der Waals surface area (Å²) in [6, 6.07) is 12.2. The zero-order valence-corrected chi connectivity index (χ0v) is 14.8. The maximum atomic E-state index is 12.2. The molecule has 0 fully saturated rings. The first-order valence-corrected chi connectivity index (χ1v) is 8.74. The molecule has 1 aliphatic rings. The third-order valence-corrected chi connectivity index (χ3v) is 4.97. The van der Waals surface area contributed by atoms with Crippen LogP contribution >= 0.6 is 34.5 Å². The van der Waals surface area contributed by atoms with E-state index in [0.29, 0.717) is 41.9 Å². The summed E-state index contributed by atoms with van der Waals surface area (Å²) in [6.45, 7) is 0. The minimum atomic E-state index is -0.391. The summed E-state index contributed by atoms with van der Waals surface area (Å²) in [5.41, 5.74) is 0.980. The number of carbonyl (C=O) groups excluding carboxylic acids is 1. The number of amides is 1. The van der Waals surface area contributed by atoms with E-state index >= 15 is 0 Å². The van der Waals surface area contributed by atoms with Crippen LogP contribution in [0, 0.1) is 0 Å². The molecule has 1 amide bonds. The van der Waals surface area contributed by atoms with Crippen molar-refractivity contribution in [3.05, 3.63) is 68.0 Å². The summed E-state index contributed by atoms with van der Waals surface area (Å²) >= 11 is 13.1. The van der Waals surface area contributed by atoms with Crippen LogP contribution in [0.15, 0.2) is 47.5 Å². The number of carbonyl (C=O) groups is 1. The average Bonchev–Trinajstić information content (AvgIpc) is 3.04. The molecule has 0 bridgehead atoms. The van der Waals surface area contributed by atoms with Crippen LogP contribution in [0.25, 0.3) is 5.57 Å². The Morgan fingerprint density at radius 3 is 2.56 bits per heavy atom. The highest BCUT2D eigenvalue weighted by Crippen LogP contribution is 2.36. The van der Waals surface area contributed by atoms with Gasteiger partial charge in [-0.2, -0.15) is 4.98 Å². The Morgan fingerprint density at radius 1 is 1.08 bits per heavy atom. The number of halogens is 2. The van der Waals surface area contributed by atoms with Crippen LogP contribution in [0.3, 0.4) is 0 Å². The second-order valence-electron chi connectivity index (χ2n) is 5.26. The first-order chi connectivity index (χ1) is 12.0. The second-order valence-corrected chi connectivity index (χ2v) is 7.14. The number of thiazole rings is 1. The molecule has 0 radical (unpaired) electrons. The van der Waals surface area contributed by atoms with Crippen molar-refractivity contribution in [1.82, 2.24) is 4.98 Å². The van der Waals surface area contributed by atoms with Gasteiger partial charge in [-0.1, -0.05) is 52.7 Å². The normalized spacial score (nSPS) is 12.9. The van der Waals surface area contributed by atoms with Crippen LogP contribution in [-0.4, -0.2) is 16.0 Å². The molecular weight excluding hydrogens is 381 g/mol. The third kappa shape index (κ3) is 3.00. The van der Waals surface area contributed by atoms with Crippen molar-refractivity contribution in [2.24, 2.45) is 4.99 Å². The van der Waals surface area contributed by atoms with Crippen LogP contribution in [0.1, 0.15) is 4.88 Å². The Labute approximate surface area is 155 Å². The maximum absolute atomic E-state index is 12.2. The van der Waals surface area contributed by atoms with Crippen LogP contribution in [0.2, 0.25) is 10.0 Å². The highest BCUT2D eigenvalue weighted by Gasteiger charge is 2.24. The number of fused-ring (bicyclic) bond motifs is 1. The van der Waals surface area contributed by atoms with E-state index in [1.165, 1.54) is 0 Å². The van der Waals surface area contributed by atoms with E-state index in [2.05, 4.69) is 15.3 Å². The van der Waals surface area contributed by atoms with E-state index < -0.39 is 5.91 Å². The standard InChI is InChI=1S/C17H9Cl2N3O2S/c18-8-5-9(19)7-10(6-8)20-17-22-16(24)14(25-17)13-11-3-1-2-4-12(11)21-15(13)23/h1-7,24H,(H,20,22). The summed E-state index contributed by atoms with van der Waals surface area (Å²) in [7, 11) is 0. The quantitative estimate of drug-likeness (QED) is 0.720. The van der Waals surface area contributed by atoms with E-state index in [9.17, 15) is 9.90 Å². The third-order valence-electron chi connectivity index (χ3n) is 3.56. The molecule has 0 saturated carbocycles. The predicted octanol–water partition coefficient (Wildman–Crippen LogP) is 3.26. The molecule has 2 aromatic carbocycles. The number of nitrogens with one attached hydrogen (secondary N) is 1. The van der Waals surface area contributed by atoms with E-state index in [1.807, 2.05) is 6.07 Å². The lowest BCUT2D eigenvalue weighted by Crippen LogP contribution is -2.22. The Bertz CT molecular complexity index is 1120. The van der Waals surface area contributed by atoms with Gasteiger partial charge in [-0.3, -0.25) is 4.79 Å². The van der Waals surface area contributed by atoms with Gasteiger partial charge in [0, 0.05) is 21.0 Å². The number of hydrogen-bond acceptors (Lipinski definition) is 5. The molecule has 1 aromatic heterocycles. The van der Waals surface area contributed by atoms with Crippen LogP contribution in [0.5, 0.6) is 5.88 Å². The Hall–Kier alpha value is -2.41. The number of rotatable bonds is 3. The van der Waals surface area contributed by atoms with Gasteiger partial charge in [0.25, 0.3) is 5.91 Å². The number of anilines is 2. The Kier molecular flexibility index (Phi) is 3.95. The van der Waals surface area contributed by atoms with Crippen LogP contribution in [0.4, 0.5) is 10.8 Å². The number of nitrogens with zero attached hydrogens (tertiary/aromatic N) is 2. The van der Waals surface area contributed by atoms with Gasteiger partial charge < -0.3 is 10.4 Å². The van der Waals surface area contributed by atoms with Gasteiger partial charge in [-0.15, -0.1) is 0 Å². The summed E-state index contributed by atoms with van der Waals surface area (Å²) in [5.74, 6) is -0.617. The molecule has 3 aromatic rings. The Balaban J connectivity index is 1.77. The van der Waals surface area contributed by atoms with Crippen molar-refractivity contribution >= 4 is 56.8 Å². The topological polar surface area (TPSA) is 74.6 Å². The molecule has 1 aliphatic heterocycles. The van der Waals surface area contributed by atoms with E-state index in [0.717, 1.165) is 11.3 Å². The van der Waals surface area contributed by atoms with Crippen molar-refractivity contribution in [2.75, 3.05) is 5.32 Å². The van der Waals surface area contributed by atoms with Crippen molar-refractivity contribution in [3.63, 3.8) is 0 Å². The molecule has 0 aliphatic carbocycles. The molecule has 2 N–H and O–H groups in total. The monoisotopic (exact) mass is 389 g/mol. The first kappa shape index (κ1) is 16.1. The molecule has 8 heteroatoms. The zero-order chi connectivity index (χ0) is 17.6. The van der Waals surface area contributed by atoms with E-state index in [4.69, 9.17) is 23.2 Å². The van der Waals surface area contributed by atoms with Crippen molar-refractivity contribution < 1.29 is 9.90 Å². The molecular formula is C17H9Cl2N3O2S. The molecule has 0 atom stereocenters. The van der Waals surface area contributed by atoms with Gasteiger partial charge in [-0.05, 0) is 24.3 Å². The fourth-order valence-electron chi connectivity index (χ4n) is 2.56.